The predicted octanol–water partition coefficient (Wildman–Crippen LogP) is 0.0388. The number of likely N-dealkylation sites (tertiary alicyclic amines) is 1. The molecular formula is C21H27N3O6. The fourth-order valence-electron chi connectivity index (χ4n) is 4.41. The summed E-state index contributed by atoms with van der Waals surface area (Å²) in [6, 6.07) is 7.54. The number of ketones is 1. The Kier molecular flexibility index (Phi) is 6.84. The molecule has 0 unspecified atom stereocenters. The number of carboxylic acid groups (broad SMARTS) is 2. The molecule has 1 aromatic rings. The van der Waals surface area contributed by atoms with Crippen molar-refractivity contribution >= 4 is 23.6 Å². The molecule has 162 valence electrons. The summed E-state index contributed by atoms with van der Waals surface area (Å²) >= 11 is 0. The Morgan fingerprint density at radius 2 is 1.90 bits per heavy atom. The smallest absolute Gasteiger partial charge is 0.332 e. The van der Waals surface area contributed by atoms with Gasteiger partial charge in [0.25, 0.3) is 0 Å². The lowest BCUT2D eigenvalue weighted by molar-refractivity contribution is -0.158. The van der Waals surface area contributed by atoms with Gasteiger partial charge in [-0.05, 0) is 44.2 Å². The van der Waals surface area contributed by atoms with Crippen LogP contribution in [0.25, 0.3) is 0 Å². The van der Waals surface area contributed by atoms with Crippen molar-refractivity contribution in [3.8, 4) is 0 Å². The molecule has 2 fully saturated rings. The van der Waals surface area contributed by atoms with Crippen LogP contribution < -0.4 is 10.6 Å². The number of aliphatic carboxylic acids is 2. The lowest BCUT2D eigenvalue weighted by Gasteiger charge is -2.35. The Bertz CT molecular complexity index is 808. The minimum absolute atomic E-state index is 0.0112. The standard InChI is InChI=1S/C21H27N3O6/c25-17(26)13-24-11-5-9-21(24,20(29)30)18(27)16(12-14-6-2-1-3-7-14)23-19(28)15-8-4-10-22-15/h1-3,6-7,15-16,22H,4-5,8-13H2,(H,23,28)(H,25,26)(H,29,30)/t15-,16-,21+/m0/s1. The number of hydrogen-bond donors (Lipinski definition) is 4. The van der Waals surface area contributed by atoms with Crippen LogP contribution in [-0.4, -0.2) is 76.0 Å². The molecule has 2 saturated heterocycles. The fourth-order valence-corrected chi connectivity index (χ4v) is 4.41. The summed E-state index contributed by atoms with van der Waals surface area (Å²) in [7, 11) is 0. The molecule has 0 spiro atoms. The molecule has 2 aliphatic heterocycles. The Morgan fingerprint density at radius 1 is 1.17 bits per heavy atom. The zero-order chi connectivity index (χ0) is 21.7. The van der Waals surface area contributed by atoms with Gasteiger partial charge in [0, 0.05) is 6.54 Å². The van der Waals surface area contributed by atoms with Crippen molar-refractivity contribution in [1.82, 2.24) is 15.5 Å². The molecule has 0 aliphatic carbocycles. The van der Waals surface area contributed by atoms with Crippen LogP contribution in [-0.2, 0) is 25.6 Å². The minimum Gasteiger partial charge on any atom is -0.480 e. The Hall–Kier alpha value is -2.78. The van der Waals surface area contributed by atoms with Gasteiger partial charge < -0.3 is 20.8 Å². The van der Waals surface area contributed by atoms with E-state index >= 15 is 0 Å². The first-order valence-electron chi connectivity index (χ1n) is 10.2. The number of amides is 1. The summed E-state index contributed by atoms with van der Waals surface area (Å²) in [6.07, 6.45) is 2.03. The summed E-state index contributed by atoms with van der Waals surface area (Å²) in [6.45, 7) is 0.357. The largest absolute Gasteiger partial charge is 0.480 e. The van der Waals surface area contributed by atoms with Gasteiger partial charge in [0.2, 0.25) is 5.91 Å². The van der Waals surface area contributed by atoms with Crippen LogP contribution in [0.4, 0.5) is 0 Å². The molecule has 0 aromatic heterocycles. The fraction of sp³-hybridized carbons (Fsp3) is 0.524. The number of benzene rings is 1. The van der Waals surface area contributed by atoms with Gasteiger partial charge >= 0.3 is 11.9 Å². The van der Waals surface area contributed by atoms with E-state index in [0.717, 1.165) is 12.0 Å². The average molecular weight is 417 g/mol. The lowest BCUT2D eigenvalue weighted by atomic mass is 9.84. The molecule has 1 amide bonds. The van der Waals surface area contributed by atoms with Crippen LogP contribution in [0.2, 0.25) is 0 Å². The van der Waals surface area contributed by atoms with Crippen molar-refractivity contribution in [3.63, 3.8) is 0 Å². The molecule has 30 heavy (non-hydrogen) atoms. The monoisotopic (exact) mass is 417 g/mol. The number of carboxylic acids is 2. The van der Waals surface area contributed by atoms with Crippen LogP contribution in [0, 0.1) is 0 Å². The summed E-state index contributed by atoms with van der Waals surface area (Å²) < 4.78 is 0. The van der Waals surface area contributed by atoms with Crippen LogP contribution >= 0.6 is 0 Å². The van der Waals surface area contributed by atoms with Crippen molar-refractivity contribution in [3.05, 3.63) is 35.9 Å². The molecule has 2 heterocycles. The Morgan fingerprint density at radius 3 is 2.50 bits per heavy atom. The number of carbonyl (C=O) groups is 4. The van der Waals surface area contributed by atoms with Gasteiger partial charge in [-0.2, -0.15) is 0 Å². The number of nitrogens with one attached hydrogen (secondary N) is 2. The lowest BCUT2D eigenvalue weighted by Crippen LogP contribution is -2.64. The number of nitrogens with zero attached hydrogens (tertiary/aromatic N) is 1. The third-order valence-corrected chi connectivity index (χ3v) is 5.89. The van der Waals surface area contributed by atoms with Crippen molar-refractivity contribution in [2.45, 2.75) is 49.7 Å². The third-order valence-electron chi connectivity index (χ3n) is 5.89. The highest BCUT2D eigenvalue weighted by atomic mass is 16.4. The second kappa shape index (κ2) is 9.36. The van der Waals surface area contributed by atoms with Crippen molar-refractivity contribution in [1.29, 1.82) is 0 Å². The van der Waals surface area contributed by atoms with E-state index in [1.54, 1.807) is 24.3 Å². The van der Waals surface area contributed by atoms with Crippen molar-refractivity contribution in [2.24, 2.45) is 0 Å². The first-order valence-corrected chi connectivity index (χ1v) is 10.2. The first-order chi connectivity index (χ1) is 14.3. The quantitative estimate of drug-likeness (QED) is 0.414. The molecule has 0 saturated carbocycles. The van der Waals surface area contributed by atoms with Crippen molar-refractivity contribution in [2.75, 3.05) is 19.6 Å². The molecule has 2 aliphatic rings. The topological polar surface area (TPSA) is 136 Å². The highest BCUT2D eigenvalue weighted by Gasteiger charge is 2.56. The molecule has 1 aromatic carbocycles. The number of rotatable bonds is 9. The number of carbonyl (C=O) groups excluding carboxylic acids is 2. The van der Waals surface area contributed by atoms with Gasteiger partial charge in [-0.15, -0.1) is 0 Å². The Labute approximate surface area is 174 Å². The minimum atomic E-state index is -1.96. The molecule has 9 nitrogen and oxygen atoms in total. The van der Waals surface area contributed by atoms with Gasteiger partial charge in [0.05, 0.1) is 18.6 Å². The maximum absolute atomic E-state index is 13.6. The maximum atomic E-state index is 13.6. The maximum Gasteiger partial charge on any atom is 0.332 e. The van der Waals surface area contributed by atoms with Crippen LogP contribution in [0.3, 0.4) is 0 Å². The van der Waals surface area contributed by atoms with E-state index in [1.807, 2.05) is 6.07 Å². The van der Waals surface area contributed by atoms with Gasteiger partial charge in [-0.1, -0.05) is 30.3 Å². The summed E-state index contributed by atoms with van der Waals surface area (Å²) in [5.41, 5.74) is -1.19. The van der Waals surface area contributed by atoms with E-state index in [-0.39, 0.29) is 25.3 Å². The average Bonchev–Trinajstić information content (AvgIpc) is 3.38. The third kappa shape index (κ3) is 4.52. The summed E-state index contributed by atoms with van der Waals surface area (Å²) in [4.78, 5) is 51.1. The van der Waals surface area contributed by atoms with Gasteiger partial charge in [-0.3, -0.25) is 19.3 Å². The van der Waals surface area contributed by atoms with Gasteiger partial charge in [0.15, 0.2) is 11.3 Å². The number of hydrogen-bond acceptors (Lipinski definition) is 6. The molecule has 0 radical (unpaired) electrons. The second-order valence-corrected chi connectivity index (χ2v) is 7.85. The van der Waals surface area contributed by atoms with E-state index in [0.29, 0.717) is 19.4 Å². The van der Waals surface area contributed by atoms with E-state index in [4.69, 9.17) is 0 Å². The highest BCUT2D eigenvalue weighted by Crippen LogP contribution is 2.32. The van der Waals surface area contributed by atoms with E-state index in [9.17, 15) is 29.4 Å². The van der Waals surface area contributed by atoms with Crippen LogP contribution in [0.5, 0.6) is 0 Å². The number of Topliss-reactive ketones (excluding diaryl/α,β-unsaturated/α-hetero) is 1. The SMILES string of the molecule is O=C(O)CN1CCC[C@]1(C(=O)O)C(=O)[C@H](Cc1ccccc1)NC(=O)[C@@H]1CCCN1. The van der Waals surface area contributed by atoms with Gasteiger partial charge in [-0.25, -0.2) is 4.79 Å². The molecular weight excluding hydrogens is 390 g/mol. The van der Waals surface area contributed by atoms with E-state index in [1.165, 1.54) is 4.90 Å². The summed E-state index contributed by atoms with van der Waals surface area (Å²) in [5.74, 6) is -3.60. The zero-order valence-corrected chi connectivity index (χ0v) is 16.7. The molecule has 3 atom stereocenters. The van der Waals surface area contributed by atoms with E-state index in [2.05, 4.69) is 10.6 Å². The molecule has 3 rings (SSSR count). The molecule has 9 heteroatoms. The zero-order valence-electron chi connectivity index (χ0n) is 16.7. The van der Waals surface area contributed by atoms with Crippen LogP contribution in [0.15, 0.2) is 30.3 Å². The first kappa shape index (κ1) is 21.9. The van der Waals surface area contributed by atoms with Crippen molar-refractivity contribution < 1.29 is 29.4 Å². The molecule has 0 bridgehead atoms. The highest BCUT2D eigenvalue weighted by molar-refractivity contribution is 6.11. The second-order valence-electron chi connectivity index (χ2n) is 7.85. The van der Waals surface area contributed by atoms with Crippen LogP contribution in [0.1, 0.15) is 31.2 Å². The van der Waals surface area contributed by atoms with Gasteiger partial charge in [0.1, 0.15) is 0 Å². The predicted molar refractivity (Wildman–Crippen MR) is 107 cm³/mol. The molecule has 4 N–H and O–H groups in total. The van der Waals surface area contributed by atoms with E-state index < -0.39 is 41.9 Å². The summed E-state index contributed by atoms with van der Waals surface area (Å²) in [5, 5.41) is 25.0. The Balaban J connectivity index is 1.91. The normalized spacial score (nSPS) is 25.0.